The van der Waals surface area contributed by atoms with Crippen molar-refractivity contribution in [2.75, 3.05) is 41.3 Å². The Labute approximate surface area is 270 Å². The maximum Gasteiger partial charge on any atom is 0.253 e. The molecule has 2 atom stereocenters. The first-order valence-electron chi connectivity index (χ1n) is 16.0. The van der Waals surface area contributed by atoms with E-state index in [1.807, 2.05) is 50.2 Å². The predicted octanol–water partition coefficient (Wildman–Crippen LogP) is 3.35. The Bertz CT molecular complexity index is 1600. The molecule has 5 rings (SSSR count). The maximum atomic E-state index is 13.2. The van der Waals surface area contributed by atoms with Gasteiger partial charge in [0.15, 0.2) is 0 Å². The number of aromatic nitrogens is 2. The highest BCUT2D eigenvalue weighted by molar-refractivity contribution is 5.95. The van der Waals surface area contributed by atoms with Gasteiger partial charge in [-0.3, -0.25) is 14.4 Å². The number of likely N-dealkylation sites (tertiary alicyclic amines) is 1. The molecular weight excluding hydrogens is 582 g/mol. The molecule has 3 aromatic rings. The summed E-state index contributed by atoms with van der Waals surface area (Å²) >= 11 is 0. The second-order valence-corrected chi connectivity index (χ2v) is 12.8. The lowest BCUT2D eigenvalue weighted by molar-refractivity contribution is -0.130. The Balaban J connectivity index is 1.64. The molecule has 0 radical (unpaired) electrons. The number of aryl methyl sites for hydroxylation is 3. The van der Waals surface area contributed by atoms with Crippen LogP contribution in [0, 0.1) is 11.3 Å². The van der Waals surface area contributed by atoms with Crippen LogP contribution in [-0.4, -0.2) is 96.0 Å². The minimum absolute atomic E-state index is 0.0890. The molecule has 1 aromatic heterocycles. The lowest BCUT2D eigenvalue weighted by Crippen LogP contribution is -2.45. The van der Waals surface area contributed by atoms with Gasteiger partial charge in [-0.15, -0.1) is 10.2 Å². The van der Waals surface area contributed by atoms with E-state index in [-0.39, 0.29) is 36.3 Å². The zero-order valence-electron chi connectivity index (χ0n) is 27.6. The molecule has 2 heterocycles. The molecule has 3 amide bonds. The fourth-order valence-corrected chi connectivity index (χ4v) is 6.83. The summed E-state index contributed by atoms with van der Waals surface area (Å²) < 4.78 is 6.40. The zero-order chi connectivity index (χ0) is 33.2. The van der Waals surface area contributed by atoms with Gasteiger partial charge in [0.2, 0.25) is 17.7 Å². The molecule has 1 N–H and O–H groups in total. The third-order valence-electron chi connectivity index (χ3n) is 9.17. The van der Waals surface area contributed by atoms with E-state index < -0.39 is 5.41 Å². The Morgan fingerprint density at radius 2 is 1.61 bits per heavy atom. The molecule has 1 aliphatic carbocycles. The Hall–Kier alpha value is -4.56. The molecule has 1 saturated heterocycles. The molecule has 0 bridgehead atoms. The summed E-state index contributed by atoms with van der Waals surface area (Å²) in [4.78, 5) is 44.0. The SMILES string of the molecule is CCc1nnc(C2(C[C@@H](C)NCC(=O)N3CCC[C@H]3C#N)c3ccc(C(=O)N(C)C)cc3CCc3cc(C(=O)N(C)C)ccc32)o1. The number of fused-ring (bicyclic) bond motifs is 2. The second-order valence-electron chi connectivity index (χ2n) is 12.8. The minimum Gasteiger partial charge on any atom is -0.424 e. The summed E-state index contributed by atoms with van der Waals surface area (Å²) in [6, 6.07) is 13.2. The fraction of sp³-hybridized carbons (Fsp3) is 0.486. The number of rotatable bonds is 9. The highest BCUT2D eigenvalue weighted by Gasteiger charge is 2.47. The van der Waals surface area contributed by atoms with Gasteiger partial charge in [-0.1, -0.05) is 19.1 Å². The minimum atomic E-state index is -0.945. The van der Waals surface area contributed by atoms with E-state index in [9.17, 15) is 19.6 Å². The molecule has 2 aromatic carbocycles. The molecule has 0 unspecified atom stereocenters. The first-order chi connectivity index (χ1) is 22.0. The number of nitrogens with zero attached hydrogens (tertiary/aromatic N) is 6. The number of nitrogens with one attached hydrogen (secondary N) is 1. The van der Waals surface area contributed by atoms with Gasteiger partial charge in [0.05, 0.1) is 12.6 Å². The Morgan fingerprint density at radius 3 is 2.11 bits per heavy atom. The molecule has 242 valence electrons. The fourth-order valence-electron chi connectivity index (χ4n) is 6.83. The van der Waals surface area contributed by atoms with Gasteiger partial charge in [-0.05, 0) is 85.5 Å². The number of hydrogen-bond donors (Lipinski definition) is 1. The first-order valence-corrected chi connectivity index (χ1v) is 16.0. The summed E-state index contributed by atoms with van der Waals surface area (Å²) in [5, 5.41) is 21.9. The van der Waals surface area contributed by atoms with Gasteiger partial charge < -0.3 is 24.4 Å². The van der Waals surface area contributed by atoms with Crippen LogP contribution in [0.25, 0.3) is 0 Å². The molecule has 1 fully saturated rings. The van der Waals surface area contributed by atoms with Gasteiger partial charge in [0.1, 0.15) is 11.5 Å². The van der Waals surface area contributed by atoms with Crippen molar-refractivity contribution in [3.05, 3.63) is 81.6 Å². The number of hydrogen-bond acceptors (Lipinski definition) is 8. The van der Waals surface area contributed by atoms with E-state index in [0.717, 1.165) is 28.7 Å². The molecule has 46 heavy (non-hydrogen) atoms. The third kappa shape index (κ3) is 6.14. The highest BCUT2D eigenvalue weighted by atomic mass is 16.4. The van der Waals surface area contributed by atoms with Crippen LogP contribution in [0.15, 0.2) is 40.8 Å². The van der Waals surface area contributed by atoms with E-state index in [2.05, 4.69) is 21.6 Å². The second kappa shape index (κ2) is 13.4. The monoisotopic (exact) mass is 625 g/mol. The van der Waals surface area contributed by atoms with Crippen LogP contribution in [-0.2, 0) is 29.5 Å². The standard InChI is InChI=1S/C35H43N7O4/c1-7-30-38-39-34(46-30)35(19-22(2)37-21-31(43)42-16-8-9-27(42)20-36)28-14-12-25(32(44)40(3)4)17-23(28)10-11-24-18-26(13-15-29(24)35)33(45)41(5)6/h12-15,17-18,22,27,37H,7-11,16,19,21H2,1-6H3/t22-,27+/m1/s1. The summed E-state index contributed by atoms with van der Waals surface area (Å²) in [6.07, 6.45) is 3.81. The van der Waals surface area contributed by atoms with E-state index in [1.54, 1.807) is 42.9 Å². The smallest absolute Gasteiger partial charge is 0.253 e. The molecule has 11 nitrogen and oxygen atoms in total. The molecule has 11 heteroatoms. The summed E-state index contributed by atoms with van der Waals surface area (Å²) in [5.74, 6) is 0.651. The van der Waals surface area contributed by atoms with Crippen LogP contribution in [0.5, 0.6) is 0 Å². The number of carbonyl (C=O) groups is 3. The van der Waals surface area contributed by atoms with Crippen molar-refractivity contribution in [3.8, 4) is 6.07 Å². The van der Waals surface area contributed by atoms with Crippen LogP contribution >= 0.6 is 0 Å². The molecular formula is C35H43N7O4. The number of amides is 3. The van der Waals surface area contributed by atoms with Gasteiger partial charge in [-0.2, -0.15) is 5.26 Å². The molecule has 0 saturated carbocycles. The van der Waals surface area contributed by atoms with Crippen molar-refractivity contribution in [3.63, 3.8) is 0 Å². The average molecular weight is 626 g/mol. The van der Waals surface area contributed by atoms with Crippen molar-refractivity contribution < 1.29 is 18.8 Å². The van der Waals surface area contributed by atoms with Gasteiger partial charge in [0, 0.05) is 58.3 Å². The van der Waals surface area contributed by atoms with Gasteiger partial charge in [0.25, 0.3) is 11.8 Å². The predicted molar refractivity (Wildman–Crippen MR) is 172 cm³/mol. The first kappa shape index (κ1) is 32.8. The van der Waals surface area contributed by atoms with Crippen LogP contribution in [0.2, 0.25) is 0 Å². The summed E-state index contributed by atoms with van der Waals surface area (Å²) in [6.45, 7) is 4.66. The lowest BCUT2D eigenvalue weighted by atomic mass is 9.68. The summed E-state index contributed by atoms with van der Waals surface area (Å²) in [5.41, 5.74) is 4.09. The summed E-state index contributed by atoms with van der Waals surface area (Å²) in [7, 11) is 6.94. The van der Waals surface area contributed by atoms with E-state index in [1.165, 1.54) is 0 Å². The van der Waals surface area contributed by atoms with Gasteiger partial charge in [-0.25, -0.2) is 0 Å². The van der Waals surface area contributed by atoms with Crippen molar-refractivity contribution in [2.45, 2.75) is 69.9 Å². The van der Waals surface area contributed by atoms with Crippen molar-refractivity contribution in [1.29, 1.82) is 5.26 Å². The third-order valence-corrected chi connectivity index (χ3v) is 9.17. The van der Waals surface area contributed by atoms with Crippen LogP contribution in [0.4, 0.5) is 0 Å². The average Bonchev–Trinajstić information content (AvgIpc) is 3.72. The van der Waals surface area contributed by atoms with Crippen molar-refractivity contribution >= 4 is 17.7 Å². The quantitative estimate of drug-likeness (QED) is 0.383. The highest BCUT2D eigenvalue weighted by Crippen LogP contribution is 2.48. The Morgan fingerprint density at radius 1 is 1.02 bits per heavy atom. The maximum absolute atomic E-state index is 13.2. The van der Waals surface area contributed by atoms with Crippen LogP contribution in [0.1, 0.15) is 87.9 Å². The van der Waals surface area contributed by atoms with E-state index in [4.69, 9.17) is 4.42 Å². The molecule has 0 spiro atoms. The topological polar surface area (TPSA) is 136 Å². The van der Waals surface area contributed by atoms with E-state index in [0.29, 0.717) is 61.6 Å². The number of nitriles is 1. The number of carbonyl (C=O) groups excluding carboxylic acids is 3. The number of benzene rings is 2. The molecule has 1 aliphatic heterocycles. The molecule has 2 aliphatic rings. The van der Waals surface area contributed by atoms with Crippen LogP contribution in [0.3, 0.4) is 0 Å². The van der Waals surface area contributed by atoms with Crippen molar-refractivity contribution in [2.24, 2.45) is 0 Å². The Kier molecular flexibility index (Phi) is 9.58. The van der Waals surface area contributed by atoms with Crippen LogP contribution < -0.4 is 5.32 Å². The lowest BCUT2D eigenvalue weighted by Gasteiger charge is -2.36. The zero-order valence-corrected chi connectivity index (χ0v) is 27.6. The van der Waals surface area contributed by atoms with Gasteiger partial charge >= 0.3 is 0 Å². The van der Waals surface area contributed by atoms with E-state index >= 15 is 0 Å². The largest absolute Gasteiger partial charge is 0.424 e. The van der Waals surface area contributed by atoms with Crippen molar-refractivity contribution in [1.82, 2.24) is 30.2 Å². The normalized spacial score (nSPS) is 17.3.